The van der Waals surface area contributed by atoms with Crippen LogP contribution in [0.15, 0.2) is 29.2 Å². The second-order valence-corrected chi connectivity index (χ2v) is 7.44. The number of thiocarbonyl (C=S) groups is 1. The van der Waals surface area contributed by atoms with Gasteiger partial charge < -0.3 is 9.47 Å². The predicted octanol–water partition coefficient (Wildman–Crippen LogP) is 4.02. The van der Waals surface area contributed by atoms with Crippen LogP contribution >= 0.6 is 24.0 Å². The van der Waals surface area contributed by atoms with Gasteiger partial charge in [0.15, 0.2) is 0 Å². The normalized spacial score (nSPS) is 15.6. The molecule has 0 N–H and O–H groups in total. The van der Waals surface area contributed by atoms with Gasteiger partial charge in [-0.25, -0.2) is 0 Å². The highest BCUT2D eigenvalue weighted by atomic mass is 32.2. The number of esters is 1. The maximum atomic E-state index is 12.5. The number of unbranched alkanes of at least 4 members (excludes halogenated alkanes) is 1. The fourth-order valence-corrected chi connectivity index (χ4v) is 3.43. The molecule has 26 heavy (non-hydrogen) atoms. The van der Waals surface area contributed by atoms with E-state index in [0.29, 0.717) is 22.4 Å². The van der Waals surface area contributed by atoms with Crippen LogP contribution in [0, 0.1) is 0 Å². The largest absolute Gasteiger partial charge is 0.494 e. The Morgan fingerprint density at radius 3 is 2.58 bits per heavy atom. The maximum Gasteiger partial charge on any atom is 0.326 e. The molecule has 1 aliphatic rings. The summed E-state index contributed by atoms with van der Waals surface area (Å²) in [6.07, 6.45) is 4.47. The molecule has 0 radical (unpaired) electrons. The Hall–Kier alpha value is -1.86. The van der Waals surface area contributed by atoms with Gasteiger partial charge in [-0.3, -0.25) is 14.5 Å². The molecule has 1 heterocycles. The standard InChI is InChI=1S/C19H23NO4S2/c1-3-5-11-24-17(21)13-20-18(22)16(26-19(20)25)12-14-6-8-15(9-7-14)23-10-4-2/h6-9,12H,3-5,10-11,13H2,1-2H3/b16-12-. The lowest BCUT2D eigenvalue weighted by atomic mass is 10.2. The van der Waals surface area contributed by atoms with Crippen LogP contribution in [0.4, 0.5) is 0 Å². The first-order valence-corrected chi connectivity index (χ1v) is 9.91. The highest BCUT2D eigenvalue weighted by Crippen LogP contribution is 2.32. The molecule has 0 atom stereocenters. The Bertz CT molecular complexity index is 685. The van der Waals surface area contributed by atoms with E-state index in [4.69, 9.17) is 21.7 Å². The number of nitrogens with zero attached hydrogens (tertiary/aromatic N) is 1. The zero-order chi connectivity index (χ0) is 18.9. The van der Waals surface area contributed by atoms with E-state index in [-0.39, 0.29) is 12.5 Å². The predicted molar refractivity (Wildman–Crippen MR) is 108 cm³/mol. The van der Waals surface area contributed by atoms with Crippen molar-refractivity contribution in [1.29, 1.82) is 0 Å². The van der Waals surface area contributed by atoms with Crippen LogP contribution in [0.3, 0.4) is 0 Å². The van der Waals surface area contributed by atoms with Crippen LogP contribution in [0.5, 0.6) is 5.75 Å². The molecule has 1 amide bonds. The van der Waals surface area contributed by atoms with Crippen molar-refractivity contribution in [1.82, 2.24) is 4.90 Å². The zero-order valence-corrected chi connectivity index (χ0v) is 16.7. The first-order chi connectivity index (χ1) is 12.5. The molecule has 1 aliphatic heterocycles. The molecule has 140 valence electrons. The molecule has 0 unspecified atom stereocenters. The van der Waals surface area contributed by atoms with Gasteiger partial charge in [0.1, 0.15) is 16.6 Å². The number of rotatable bonds is 9. The molecule has 1 aromatic rings. The summed E-state index contributed by atoms with van der Waals surface area (Å²) in [5.41, 5.74) is 0.875. The third-order valence-electron chi connectivity index (χ3n) is 3.57. The van der Waals surface area contributed by atoms with Crippen molar-refractivity contribution < 1.29 is 19.1 Å². The van der Waals surface area contributed by atoms with E-state index in [9.17, 15) is 9.59 Å². The quantitative estimate of drug-likeness (QED) is 0.273. The SMILES string of the molecule is CCCCOC(=O)CN1C(=O)/C(=C/c2ccc(OCCC)cc2)SC1=S. The number of carbonyl (C=O) groups excluding carboxylic acids is 2. The minimum Gasteiger partial charge on any atom is -0.494 e. The number of ether oxygens (including phenoxy) is 2. The average Bonchev–Trinajstić information content (AvgIpc) is 2.89. The summed E-state index contributed by atoms with van der Waals surface area (Å²) in [6, 6.07) is 7.51. The minimum absolute atomic E-state index is 0.143. The molecule has 2 rings (SSSR count). The van der Waals surface area contributed by atoms with Crippen molar-refractivity contribution in [2.45, 2.75) is 33.1 Å². The van der Waals surface area contributed by atoms with Crippen LogP contribution in [0.2, 0.25) is 0 Å². The highest BCUT2D eigenvalue weighted by molar-refractivity contribution is 8.26. The van der Waals surface area contributed by atoms with Gasteiger partial charge in [-0.1, -0.05) is 56.4 Å². The van der Waals surface area contributed by atoms with Crippen LogP contribution in [-0.2, 0) is 14.3 Å². The van der Waals surface area contributed by atoms with Gasteiger partial charge in [-0.15, -0.1) is 0 Å². The summed E-state index contributed by atoms with van der Waals surface area (Å²) in [5.74, 6) is 0.0959. The van der Waals surface area contributed by atoms with Gasteiger partial charge >= 0.3 is 5.97 Å². The summed E-state index contributed by atoms with van der Waals surface area (Å²) in [5, 5.41) is 0. The highest BCUT2D eigenvalue weighted by Gasteiger charge is 2.33. The van der Waals surface area contributed by atoms with Crippen molar-refractivity contribution in [2.75, 3.05) is 19.8 Å². The summed E-state index contributed by atoms with van der Waals surface area (Å²) in [7, 11) is 0. The fourth-order valence-electron chi connectivity index (χ4n) is 2.17. The Labute approximate surface area is 163 Å². The molecule has 5 nitrogen and oxygen atoms in total. The number of thioether (sulfide) groups is 1. The summed E-state index contributed by atoms with van der Waals surface area (Å²) >= 11 is 6.43. The Morgan fingerprint density at radius 2 is 1.92 bits per heavy atom. The van der Waals surface area contributed by atoms with Crippen LogP contribution in [0.25, 0.3) is 6.08 Å². The van der Waals surface area contributed by atoms with Gasteiger partial charge in [0.05, 0.1) is 18.1 Å². The van der Waals surface area contributed by atoms with E-state index in [1.165, 1.54) is 16.7 Å². The average molecular weight is 394 g/mol. The van der Waals surface area contributed by atoms with E-state index >= 15 is 0 Å². The van der Waals surface area contributed by atoms with Gasteiger partial charge in [0.2, 0.25) is 0 Å². The van der Waals surface area contributed by atoms with Gasteiger partial charge in [0, 0.05) is 0 Å². The van der Waals surface area contributed by atoms with E-state index < -0.39 is 5.97 Å². The van der Waals surface area contributed by atoms with Gasteiger partial charge in [-0.2, -0.15) is 0 Å². The van der Waals surface area contributed by atoms with E-state index in [0.717, 1.165) is 30.6 Å². The van der Waals surface area contributed by atoms with E-state index in [2.05, 4.69) is 6.92 Å². The molecule has 0 saturated carbocycles. The number of benzene rings is 1. The molecule has 0 aromatic heterocycles. The lowest BCUT2D eigenvalue weighted by Crippen LogP contribution is -2.34. The topological polar surface area (TPSA) is 55.8 Å². The summed E-state index contributed by atoms with van der Waals surface area (Å²) in [4.78, 5) is 26.1. The molecular weight excluding hydrogens is 370 g/mol. The second-order valence-electron chi connectivity index (χ2n) is 5.76. The smallest absolute Gasteiger partial charge is 0.326 e. The lowest BCUT2D eigenvalue weighted by molar-refractivity contribution is -0.146. The Kier molecular flexibility index (Phi) is 8.12. The van der Waals surface area contributed by atoms with E-state index in [1.807, 2.05) is 31.2 Å². The van der Waals surface area contributed by atoms with Crippen LogP contribution in [0.1, 0.15) is 38.7 Å². The zero-order valence-electron chi connectivity index (χ0n) is 15.0. The third kappa shape index (κ3) is 5.85. The monoisotopic (exact) mass is 393 g/mol. The molecule has 1 fully saturated rings. The number of amides is 1. The van der Waals surface area contributed by atoms with Crippen molar-refractivity contribution in [2.24, 2.45) is 0 Å². The Morgan fingerprint density at radius 1 is 1.19 bits per heavy atom. The molecule has 7 heteroatoms. The van der Waals surface area contributed by atoms with Gasteiger partial charge in [0.25, 0.3) is 5.91 Å². The third-order valence-corrected chi connectivity index (χ3v) is 4.95. The molecule has 0 bridgehead atoms. The summed E-state index contributed by atoms with van der Waals surface area (Å²) in [6.45, 7) is 4.97. The summed E-state index contributed by atoms with van der Waals surface area (Å²) < 4.78 is 11.0. The molecule has 1 saturated heterocycles. The van der Waals surface area contributed by atoms with Crippen molar-refractivity contribution in [3.63, 3.8) is 0 Å². The molecular formula is C19H23NO4S2. The number of carbonyl (C=O) groups is 2. The maximum absolute atomic E-state index is 12.5. The van der Waals surface area contributed by atoms with Gasteiger partial charge in [-0.05, 0) is 36.6 Å². The first kappa shape index (κ1) is 20.5. The fraction of sp³-hybridized carbons (Fsp3) is 0.421. The first-order valence-electron chi connectivity index (χ1n) is 8.69. The van der Waals surface area contributed by atoms with Crippen LogP contribution in [-0.4, -0.2) is 40.9 Å². The van der Waals surface area contributed by atoms with Crippen molar-refractivity contribution in [3.8, 4) is 5.75 Å². The van der Waals surface area contributed by atoms with E-state index in [1.54, 1.807) is 6.08 Å². The molecule has 1 aromatic carbocycles. The lowest BCUT2D eigenvalue weighted by Gasteiger charge is -2.13. The molecule has 0 aliphatic carbocycles. The Balaban J connectivity index is 1.98. The minimum atomic E-state index is -0.437. The van der Waals surface area contributed by atoms with Crippen molar-refractivity contribution >= 4 is 46.3 Å². The van der Waals surface area contributed by atoms with Crippen molar-refractivity contribution in [3.05, 3.63) is 34.7 Å². The number of hydrogen-bond donors (Lipinski definition) is 0. The van der Waals surface area contributed by atoms with Crippen LogP contribution < -0.4 is 4.74 Å². The molecule has 0 spiro atoms. The second kappa shape index (κ2) is 10.3. The number of hydrogen-bond acceptors (Lipinski definition) is 6.